The first kappa shape index (κ1) is 9.29. The van der Waals surface area contributed by atoms with E-state index in [1.807, 2.05) is 0 Å². The number of hydrogen-bond acceptors (Lipinski definition) is 2. The van der Waals surface area contributed by atoms with Crippen LogP contribution in [0.3, 0.4) is 0 Å². The van der Waals surface area contributed by atoms with E-state index in [0.29, 0.717) is 0 Å². The summed E-state index contributed by atoms with van der Waals surface area (Å²) in [5, 5.41) is 8.89. The lowest BCUT2D eigenvalue weighted by molar-refractivity contribution is 0.0547. The van der Waals surface area contributed by atoms with E-state index in [9.17, 15) is 8.78 Å². The van der Waals surface area contributed by atoms with Crippen LogP contribution in [0.4, 0.5) is 8.78 Å². The number of hydrogen-bond donors (Lipinski definition) is 2. The molecule has 0 unspecified atom stereocenters. The van der Waals surface area contributed by atoms with Crippen LogP contribution in [0.15, 0.2) is 4.99 Å². The van der Waals surface area contributed by atoms with Gasteiger partial charge in [-0.2, -0.15) is 0 Å². The maximum Gasteiger partial charge on any atom is 0.177 e. The van der Waals surface area contributed by atoms with Gasteiger partial charge in [0.05, 0.1) is 0 Å². The van der Waals surface area contributed by atoms with E-state index in [1.165, 1.54) is 7.05 Å². The Morgan fingerprint density at radius 1 is 1.60 bits per heavy atom. The third-order valence-electron chi connectivity index (χ3n) is 1.16. The minimum Gasteiger partial charge on any atom is -0.385 e. The zero-order valence-corrected chi connectivity index (χ0v) is 5.64. The molecule has 0 bridgehead atoms. The lowest BCUT2D eigenvalue weighted by atomic mass is 10.1. The van der Waals surface area contributed by atoms with Gasteiger partial charge in [-0.15, -0.1) is 0 Å². The summed E-state index contributed by atoms with van der Waals surface area (Å²) in [4.78, 5) is 3.27. The van der Waals surface area contributed by atoms with Gasteiger partial charge in [-0.05, 0) is 0 Å². The highest BCUT2D eigenvalue weighted by atomic mass is 19.1. The summed E-state index contributed by atoms with van der Waals surface area (Å²) in [6.07, 6.45) is 0. The van der Waals surface area contributed by atoms with E-state index < -0.39 is 24.8 Å². The Hall–Kier alpha value is -0.710. The standard InChI is InChI=1S/C5H10F2N2O/c1-9-4(8)5(10,2-6)3-7/h10H,2-3H2,1H3,(H2,8,9). The molecule has 3 nitrogen and oxygen atoms in total. The molecule has 0 spiro atoms. The molecule has 3 N–H and O–H groups in total. The van der Waals surface area contributed by atoms with Crippen molar-refractivity contribution in [1.29, 1.82) is 0 Å². The SMILES string of the molecule is CN=C(N)C(O)(CF)CF. The normalized spacial score (nSPS) is 13.8. The van der Waals surface area contributed by atoms with Crippen molar-refractivity contribution in [2.45, 2.75) is 5.60 Å². The largest absolute Gasteiger partial charge is 0.385 e. The maximum absolute atomic E-state index is 11.8. The molecule has 0 aliphatic carbocycles. The molecule has 0 aliphatic heterocycles. The topological polar surface area (TPSA) is 58.6 Å². The van der Waals surface area contributed by atoms with Gasteiger partial charge in [-0.3, -0.25) is 4.99 Å². The van der Waals surface area contributed by atoms with Gasteiger partial charge in [0.15, 0.2) is 5.60 Å². The van der Waals surface area contributed by atoms with E-state index in [1.54, 1.807) is 0 Å². The summed E-state index contributed by atoms with van der Waals surface area (Å²) < 4.78 is 23.7. The maximum atomic E-state index is 11.8. The lowest BCUT2D eigenvalue weighted by Gasteiger charge is -2.19. The van der Waals surface area contributed by atoms with Crippen molar-refractivity contribution in [3.05, 3.63) is 0 Å². The molecule has 60 valence electrons. The van der Waals surface area contributed by atoms with Gasteiger partial charge >= 0.3 is 0 Å². The van der Waals surface area contributed by atoms with Crippen LogP contribution in [0.5, 0.6) is 0 Å². The Morgan fingerprint density at radius 3 is 2.10 bits per heavy atom. The second-order valence-corrected chi connectivity index (χ2v) is 1.91. The molecule has 0 aliphatic rings. The van der Waals surface area contributed by atoms with Crippen molar-refractivity contribution >= 4 is 5.84 Å². The predicted octanol–water partition coefficient (Wildman–Crippen LogP) is -0.357. The van der Waals surface area contributed by atoms with Gasteiger partial charge in [0, 0.05) is 7.05 Å². The predicted molar refractivity (Wildman–Crippen MR) is 34.4 cm³/mol. The first-order valence-electron chi connectivity index (χ1n) is 2.67. The molecule has 0 amide bonds. The third kappa shape index (κ3) is 1.63. The van der Waals surface area contributed by atoms with Gasteiger partial charge in [-0.25, -0.2) is 8.78 Å². The molecular weight excluding hydrogens is 142 g/mol. The second-order valence-electron chi connectivity index (χ2n) is 1.91. The fraction of sp³-hybridized carbons (Fsp3) is 0.800. The molecule has 10 heavy (non-hydrogen) atoms. The quantitative estimate of drug-likeness (QED) is 0.428. The number of aliphatic hydroxyl groups is 1. The number of amidine groups is 1. The number of aliphatic imine (C=N–C) groups is 1. The van der Waals surface area contributed by atoms with Gasteiger partial charge in [0.1, 0.15) is 19.2 Å². The van der Waals surface area contributed by atoms with Gasteiger partial charge in [0.25, 0.3) is 0 Å². The van der Waals surface area contributed by atoms with E-state index in [2.05, 4.69) is 4.99 Å². The van der Waals surface area contributed by atoms with Crippen LogP contribution in [-0.4, -0.2) is 36.9 Å². The molecule has 0 rings (SSSR count). The molecule has 0 aromatic heterocycles. The molecule has 0 radical (unpaired) electrons. The highest BCUT2D eigenvalue weighted by molar-refractivity contribution is 5.88. The first-order chi connectivity index (χ1) is 4.60. The van der Waals surface area contributed by atoms with Crippen molar-refractivity contribution in [3.63, 3.8) is 0 Å². The van der Waals surface area contributed by atoms with Crippen LogP contribution < -0.4 is 5.73 Å². The Balaban J connectivity index is 4.32. The molecule has 0 saturated carbocycles. The Morgan fingerprint density at radius 2 is 2.00 bits per heavy atom. The Labute approximate surface area is 57.6 Å². The van der Waals surface area contributed by atoms with Crippen LogP contribution in [0.1, 0.15) is 0 Å². The van der Waals surface area contributed by atoms with Crippen LogP contribution in [0.25, 0.3) is 0 Å². The van der Waals surface area contributed by atoms with Crippen LogP contribution in [-0.2, 0) is 0 Å². The number of halogens is 2. The van der Waals surface area contributed by atoms with Crippen LogP contribution >= 0.6 is 0 Å². The van der Waals surface area contributed by atoms with E-state index in [4.69, 9.17) is 10.8 Å². The van der Waals surface area contributed by atoms with Gasteiger partial charge in [-0.1, -0.05) is 0 Å². The van der Waals surface area contributed by atoms with Gasteiger partial charge in [0.2, 0.25) is 0 Å². The minimum absolute atomic E-state index is 0.419. The highest BCUT2D eigenvalue weighted by Crippen LogP contribution is 2.05. The number of nitrogens with zero attached hydrogens (tertiary/aromatic N) is 1. The monoisotopic (exact) mass is 152 g/mol. The summed E-state index contributed by atoms with van der Waals surface area (Å²) in [5.41, 5.74) is 2.78. The van der Waals surface area contributed by atoms with Crippen molar-refractivity contribution in [2.24, 2.45) is 10.7 Å². The first-order valence-corrected chi connectivity index (χ1v) is 2.67. The zero-order valence-electron chi connectivity index (χ0n) is 5.64. The Bertz CT molecular complexity index is 134. The summed E-state index contributed by atoms with van der Waals surface area (Å²) >= 11 is 0. The smallest absolute Gasteiger partial charge is 0.177 e. The summed E-state index contributed by atoms with van der Waals surface area (Å²) in [6, 6.07) is 0. The van der Waals surface area contributed by atoms with Crippen LogP contribution in [0, 0.1) is 0 Å². The minimum atomic E-state index is -2.21. The number of rotatable bonds is 3. The van der Waals surface area contributed by atoms with Crippen molar-refractivity contribution in [3.8, 4) is 0 Å². The lowest BCUT2D eigenvalue weighted by Crippen LogP contribution is -2.48. The van der Waals surface area contributed by atoms with E-state index >= 15 is 0 Å². The fourth-order valence-corrected chi connectivity index (χ4v) is 0.381. The molecule has 0 atom stereocenters. The molecule has 0 aromatic rings. The van der Waals surface area contributed by atoms with Crippen molar-refractivity contribution in [1.82, 2.24) is 0 Å². The fourth-order valence-electron chi connectivity index (χ4n) is 0.381. The number of alkyl halides is 2. The summed E-state index contributed by atoms with van der Waals surface area (Å²) in [7, 11) is 1.26. The molecule has 5 heteroatoms. The number of nitrogens with two attached hydrogens (primary N) is 1. The van der Waals surface area contributed by atoms with Gasteiger partial charge < -0.3 is 10.8 Å². The Kier molecular flexibility index (Phi) is 3.21. The van der Waals surface area contributed by atoms with E-state index in [-0.39, 0.29) is 0 Å². The van der Waals surface area contributed by atoms with Crippen LogP contribution in [0.2, 0.25) is 0 Å². The summed E-state index contributed by atoms with van der Waals surface area (Å²) in [6.45, 7) is -2.51. The highest BCUT2D eigenvalue weighted by Gasteiger charge is 2.31. The average Bonchev–Trinajstić information content (AvgIpc) is 2.01. The third-order valence-corrected chi connectivity index (χ3v) is 1.16. The molecule has 0 aromatic carbocycles. The summed E-state index contributed by atoms with van der Waals surface area (Å²) in [5.74, 6) is -0.419. The average molecular weight is 152 g/mol. The zero-order chi connectivity index (χ0) is 8.20. The van der Waals surface area contributed by atoms with Crippen molar-refractivity contribution in [2.75, 3.05) is 20.4 Å². The molecule has 0 heterocycles. The molecule has 0 fully saturated rings. The molecular formula is C5H10F2N2O. The van der Waals surface area contributed by atoms with E-state index in [0.717, 1.165) is 0 Å². The molecule has 0 saturated heterocycles. The second kappa shape index (κ2) is 3.46. The van der Waals surface area contributed by atoms with Crippen molar-refractivity contribution < 1.29 is 13.9 Å².